The lowest BCUT2D eigenvalue weighted by molar-refractivity contribution is -0.123. The minimum atomic E-state index is -0.975. The van der Waals surface area contributed by atoms with E-state index in [9.17, 15) is 9.59 Å². The molecule has 144 valence electrons. The van der Waals surface area contributed by atoms with Gasteiger partial charge in [-0.15, -0.1) is 0 Å². The van der Waals surface area contributed by atoms with E-state index in [-0.39, 0.29) is 5.56 Å². The zero-order valence-corrected chi connectivity index (χ0v) is 15.8. The van der Waals surface area contributed by atoms with Crippen molar-refractivity contribution in [1.82, 2.24) is 0 Å². The van der Waals surface area contributed by atoms with Crippen LogP contribution in [-0.4, -0.2) is 38.8 Å². The maximum atomic E-state index is 12.3. The standard InChI is InChI=1S/C20H23NO6/c1-5-26-16-9-7-15(8-10-16)21-19(22)13(2)27-20(23)14-6-11-17(24-3)18(12-14)25-4/h6-13H,5H2,1-4H3,(H,21,22)/t13-/m0/s1. The fraction of sp³-hybridized carbons (Fsp3) is 0.300. The molecule has 0 fully saturated rings. The summed E-state index contributed by atoms with van der Waals surface area (Å²) in [7, 11) is 2.98. The zero-order chi connectivity index (χ0) is 19.8. The Morgan fingerprint density at radius 1 is 1.00 bits per heavy atom. The molecule has 0 unspecified atom stereocenters. The van der Waals surface area contributed by atoms with Gasteiger partial charge in [0.2, 0.25) is 0 Å². The van der Waals surface area contributed by atoms with E-state index >= 15 is 0 Å². The van der Waals surface area contributed by atoms with Crippen LogP contribution < -0.4 is 19.5 Å². The highest BCUT2D eigenvalue weighted by Crippen LogP contribution is 2.28. The average Bonchev–Trinajstić information content (AvgIpc) is 2.68. The highest BCUT2D eigenvalue weighted by atomic mass is 16.5. The van der Waals surface area contributed by atoms with Crippen molar-refractivity contribution in [1.29, 1.82) is 0 Å². The molecule has 1 N–H and O–H groups in total. The summed E-state index contributed by atoms with van der Waals surface area (Å²) < 4.78 is 20.9. The average molecular weight is 373 g/mol. The number of esters is 1. The van der Waals surface area contributed by atoms with Gasteiger partial charge in [-0.1, -0.05) is 0 Å². The summed E-state index contributed by atoms with van der Waals surface area (Å²) in [6.45, 7) is 3.96. The molecule has 0 spiro atoms. The van der Waals surface area contributed by atoms with Gasteiger partial charge in [-0.05, 0) is 56.3 Å². The smallest absolute Gasteiger partial charge is 0.339 e. The van der Waals surface area contributed by atoms with Crippen LogP contribution in [0.25, 0.3) is 0 Å². The monoisotopic (exact) mass is 373 g/mol. The number of benzene rings is 2. The van der Waals surface area contributed by atoms with Crippen LogP contribution in [0.4, 0.5) is 5.69 Å². The van der Waals surface area contributed by atoms with E-state index in [1.165, 1.54) is 27.2 Å². The van der Waals surface area contributed by atoms with Crippen molar-refractivity contribution >= 4 is 17.6 Å². The van der Waals surface area contributed by atoms with Crippen molar-refractivity contribution in [3.05, 3.63) is 48.0 Å². The van der Waals surface area contributed by atoms with E-state index in [0.717, 1.165) is 0 Å². The highest BCUT2D eigenvalue weighted by molar-refractivity contribution is 5.97. The minimum absolute atomic E-state index is 0.258. The molecule has 0 aromatic heterocycles. The molecule has 2 rings (SSSR count). The van der Waals surface area contributed by atoms with Crippen LogP contribution in [0.3, 0.4) is 0 Å². The molecule has 0 heterocycles. The second kappa shape index (κ2) is 9.47. The molecule has 0 radical (unpaired) electrons. The van der Waals surface area contributed by atoms with E-state index < -0.39 is 18.0 Å². The number of carbonyl (C=O) groups is 2. The predicted octanol–water partition coefficient (Wildman–Crippen LogP) is 3.29. The lowest BCUT2D eigenvalue weighted by Gasteiger charge is -2.15. The number of hydrogen-bond acceptors (Lipinski definition) is 6. The molecule has 27 heavy (non-hydrogen) atoms. The molecule has 1 amide bonds. The normalized spacial score (nSPS) is 11.3. The van der Waals surface area contributed by atoms with E-state index in [4.69, 9.17) is 18.9 Å². The van der Waals surface area contributed by atoms with Gasteiger partial charge in [0.05, 0.1) is 26.4 Å². The molecule has 1 atom stereocenters. The van der Waals surface area contributed by atoms with E-state index in [2.05, 4.69) is 5.32 Å². The van der Waals surface area contributed by atoms with E-state index in [1.807, 2.05) is 6.92 Å². The Kier molecular flexibility index (Phi) is 7.05. The van der Waals surface area contributed by atoms with Gasteiger partial charge in [0, 0.05) is 5.69 Å². The quantitative estimate of drug-likeness (QED) is 0.715. The number of amides is 1. The Morgan fingerprint density at radius 3 is 2.26 bits per heavy atom. The van der Waals surface area contributed by atoms with Crippen LogP contribution in [0.5, 0.6) is 17.2 Å². The third-order valence-corrected chi connectivity index (χ3v) is 3.71. The van der Waals surface area contributed by atoms with Gasteiger partial charge in [0.1, 0.15) is 5.75 Å². The lowest BCUT2D eigenvalue weighted by atomic mass is 10.2. The number of carbonyl (C=O) groups excluding carboxylic acids is 2. The number of nitrogens with one attached hydrogen (secondary N) is 1. The van der Waals surface area contributed by atoms with Crippen molar-refractivity contribution in [2.24, 2.45) is 0 Å². The first kappa shape index (κ1) is 20.1. The van der Waals surface area contributed by atoms with Crippen LogP contribution in [0.15, 0.2) is 42.5 Å². The summed E-state index contributed by atoms with van der Waals surface area (Å²) in [5.41, 5.74) is 0.839. The maximum Gasteiger partial charge on any atom is 0.339 e. The fourth-order valence-electron chi connectivity index (χ4n) is 2.29. The first-order valence-corrected chi connectivity index (χ1v) is 8.45. The Morgan fingerprint density at radius 2 is 1.67 bits per heavy atom. The molecule has 7 nitrogen and oxygen atoms in total. The molecular weight excluding hydrogens is 350 g/mol. The number of rotatable bonds is 8. The van der Waals surface area contributed by atoms with Crippen molar-refractivity contribution in [3.63, 3.8) is 0 Å². The summed E-state index contributed by atoms with van der Waals surface area (Å²) in [6, 6.07) is 11.6. The zero-order valence-electron chi connectivity index (χ0n) is 15.8. The lowest BCUT2D eigenvalue weighted by Crippen LogP contribution is -2.30. The molecule has 0 aliphatic rings. The van der Waals surface area contributed by atoms with Crippen LogP contribution >= 0.6 is 0 Å². The summed E-state index contributed by atoms with van der Waals surface area (Å²) >= 11 is 0. The third-order valence-electron chi connectivity index (χ3n) is 3.71. The largest absolute Gasteiger partial charge is 0.494 e. The topological polar surface area (TPSA) is 83.1 Å². The van der Waals surface area contributed by atoms with Crippen molar-refractivity contribution < 1.29 is 28.5 Å². The van der Waals surface area contributed by atoms with Gasteiger partial charge in [-0.25, -0.2) is 4.79 Å². The number of methoxy groups -OCH3 is 2. The first-order valence-electron chi connectivity index (χ1n) is 8.45. The van der Waals surface area contributed by atoms with Crippen LogP contribution in [0.2, 0.25) is 0 Å². The molecule has 7 heteroatoms. The van der Waals surface area contributed by atoms with Gasteiger partial charge >= 0.3 is 5.97 Å². The van der Waals surface area contributed by atoms with Gasteiger partial charge in [0.25, 0.3) is 5.91 Å². The first-order chi connectivity index (χ1) is 13.0. The Bertz CT molecular complexity index is 788. The van der Waals surface area contributed by atoms with Crippen LogP contribution in [0, 0.1) is 0 Å². The van der Waals surface area contributed by atoms with Crippen LogP contribution in [-0.2, 0) is 9.53 Å². The number of hydrogen-bond donors (Lipinski definition) is 1. The molecule has 0 aliphatic heterocycles. The third kappa shape index (κ3) is 5.37. The molecular formula is C20H23NO6. The minimum Gasteiger partial charge on any atom is -0.494 e. The Hall–Kier alpha value is -3.22. The van der Waals surface area contributed by atoms with E-state index in [0.29, 0.717) is 29.5 Å². The second-order valence-electron chi connectivity index (χ2n) is 5.56. The van der Waals surface area contributed by atoms with Gasteiger partial charge < -0.3 is 24.3 Å². The SMILES string of the molecule is CCOc1ccc(NC(=O)[C@H](C)OC(=O)c2ccc(OC)c(OC)c2)cc1. The van der Waals surface area contributed by atoms with Crippen molar-refractivity contribution in [2.75, 3.05) is 26.1 Å². The Labute approximate surface area is 158 Å². The summed E-state index contributed by atoms with van der Waals surface area (Å²) in [4.78, 5) is 24.5. The predicted molar refractivity (Wildman–Crippen MR) is 101 cm³/mol. The summed E-state index contributed by atoms with van der Waals surface area (Å²) in [5.74, 6) is 0.537. The number of anilines is 1. The highest BCUT2D eigenvalue weighted by Gasteiger charge is 2.20. The fourth-order valence-corrected chi connectivity index (χ4v) is 2.29. The van der Waals surface area contributed by atoms with Gasteiger partial charge in [-0.2, -0.15) is 0 Å². The van der Waals surface area contributed by atoms with Gasteiger partial charge in [-0.3, -0.25) is 4.79 Å². The van der Waals surface area contributed by atoms with E-state index in [1.54, 1.807) is 36.4 Å². The van der Waals surface area contributed by atoms with Gasteiger partial charge in [0.15, 0.2) is 17.6 Å². The molecule has 2 aromatic rings. The Balaban J connectivity index is 1.98. The molecule has 0 bridgehead atoms. The second-order valence-corrected chi connectivity index (χ2v) is 5.56. The van der Waals surface area contributed by atoms with Crippen molar-refractivity contribution in [2.45, 2.75) is 20.0 Å². The molecule has 2 aromatic carbocycles. The van der Waals surface area contributed by atoms with Crippen LogP contribution in [0.1, 0.15) is 24.2 Å². The maximum absolute atomic E-state index is 12.3. The number of ether oxygens (including phenoxy) is 4. The summed E-state index contributed by atoms with van der Waals surface area (Å²) in [6.07, 6.45) is -0.975. The summed E-state index contributed by atoms with van der Waals surface area (Å²) in [5, 5.41) is 2.69. The molecule has 0 saturated carbocycles. The van der Waals surface area contributed by atoms with Crippen molar-refractivity contribution in [3.8, 4) is 17.2 Å². The molecule has 0 aliphatic carbocycles. The molecule has 0 saturated heterocycles.